The van der Waals surface area contributed by atoms with E-state index in [4.69, 9.17) is 18.9 Å². The molecular formula is C35H59NO9. The maximum atomic E-state index is 13.0. The minimum atomic E-state index is -1.14. The first-order chi connectivity index (χ1) is 21.1. The van der Waals surface area contributed by atoms with Gasteiger partial charge in [0.2, 0.25) is 0 Å². The van der Waals surface area contributed by atoms with E-state index in [1.807, 2.05) is 40.7 Å². The quantitative estimate of drug-likeness (QED) is 0.109. The summed E-state index contributed by atoms with van der Waals surface area (Å²) in [6, 6.07) is 0. The van der Waals surface area contributed by atoms with Crippen molar-refractivity contribution >= 4 is 12.1 Å². The van der Waals surface area contributed by atoms with Crippen molar-refractivity contribution in [1.82, 2.24) is 4.90 Å². The number of ether oxygens (including phenoxy) is 4. The van der Waals surface area contributed by atoms with Gasteiger partial charge in [-0.1, -0.05) is 58.4 Å². The number of carbonyl (C=O) groups is 2. The Bertz CT molecular complexity index is 1040. The summed E-state index contributed by atoms with van der Waals surface area (Å²) >= 11 is 0. The van der Waals surface area contributed by atoms with Gasteiger partial charge in [0.1, 0.15) is 11.7 Å². The number of nitrogens with zero attached hydrogens (tertiary/aromatic N) is 1. The number of amides is 1. The minimum Gasteiger partial charge on any atom is -0.457 e. The lowest BCUT2D eigenvalue weighted by molar-refractivity contribution is -0.151. The summed E-state index contributed by atoms with van der Waals surface area (Å²) in [4.78, 5) is 27.4. The van der Waals surface area contributed by atoms with E-state index in [1.165, 1.54) is 0 Å². The first-order valence-corrected chi connectivity index (χ1v) is 16.5. The molecule has 10 nitrogen and oxygen atoms in total. The largest absolute Gasteiger partial charge is 0.457 e. The van der Waals surface area contributed by atoms with Crippen LogP contribution in [-0.2, 0) is 23.7 Å². The van der Waals surface area contributed by atoms with Crippen molar-refractivity contribution in [2.75, 3.05) is 20.7 Å². The first kappa shape index (κ1) is 38.9. The zero-order chi connectivity index (χ0) is 33.9. The smallest absolute Gasteiger partial charge is 0.410 e. The van der Waals surface area contributed by atoms with Crippen LogP contribution in [0.5, 0.6) is 0 Å². The van der Waals surface area contributed by atoms with Gasteiger partial charge in [-0.25, -0.2) is 4.79 Å². The molecule has 10 atom stereocenters. The van der Waals surface area contributed by atoms with Crippen LogP contribution in [0.15, 0.2) is 36.0 Å². The molecule has 2 aliphatic rings. The van der Waals surface area contributed by atoms with Gasteiger partial charge in [-0.2, -0.15) is 0 Å². The highest BCUT2D eigenvalue weighted by molar-refractivity contribution is 5.70. The standard InChI is InChI=1S/C35H59NO9/c1-10-12-20-36(8)33(40)44-29-16-15-24(4)31(45-30(39)21-26(37)17-19-35(29,7)42-9)23(3)14-13-18-34(6,41)22-28-32(43-28)25(5)27(38)11-2/h13-16,18,24-29,31-32,37-38,41H,10-12,17,19-22H2,1-9H3/b16-15+,18-13+,23-14+/t24-,25+,26+,27-,28+,29-,31+,32+,34-,35+/m0/s1. The molecule has 0 aromatic heterocycles. The number of hydrogen-bond acceptors (Lipinski definition) is 9. The molecule has 0 aromatic rings. The second-order valence-corrected chi connectivity index (χ2v) is 13.5. The second kappa shape index (κ2) is 17.6. The predicted molar refractivity (Wildman–Crippen MR) is 174 cm³/mol. The third-order valence-corrected chi connectivity index (χ3v) is 9.20. The summed E-state index contributed by atoms with van der Waals surface area (Å²) in [6.07, 6.45) is 8.69. The van der Waals surface area contributed by atoms with Gasteiger partial charge in [0, 0.05) is 39.0 Å². The number of rotatable bonds is 13. The van der Waals surface area contributed by atoms with Crippen molar-refractivity contribution in [3.63, 3.8) is 0 Å². The van der Waals surface area contributed by atoms with Crippen LogP contribution in [0.2, 0.25) is 0 Å². The summed E-state index contributed by atoms with van der Waals surface area (Å²) in [7, 11) is 3.25. The van der Waals surface area contributed by atoms with Crippen molar-refractivity contribution in [3.05, 3.63) is 36.0 Å². The Morgan fingerprint density at radius 2 is 2.00 bits per heavy atom. The molecule has 10 heteroatoms. The fraction of sp³-hybridized carbons (Fsp3) is 0.771. The molecule has 2 rings (SSSR count). The molecule has 45 heavy (non-hydrogen) atoms. The number of cyclic esters (lactones) is 1. The Labute approximate surface area is 270 Å². The maximum Gasteiger partial charge on any atom is 0.410 e. The van der Waals surface area contributed by atoms with E-state index < -0.39 is 47.7 Å². The fourth-order valence-electron chi connectivity index (χ4n) is 5.69. The van der Waals surface area contributed by atoms with Gasteiger partial charge < -0.3 is 39.2 Å². The van der Waals surface area contributed by atoms with Gasteiger partial charge in [-0.05, 0) is 58.1 Å². The van der Waals surface area contributed by atoms with Crippen molar-refractivity contribution in [2.45, 2.75) is 141 Å². The molecular weight excluding hydrogens is 578 g/mol. The molecule has 0 radical (unpaired) electrons. The van der Waals surface area contributed by atoms with Gasteiger partial charge in [-0.3, -0.25) is 4.79 Å². The molecule has 1 fully saturated rings. The van der Waals surface area contributed by atoms with E-state index in [-0.39, 0.29) is 36.9 Å². The highest BCUT2D eigenvalue weighted by Crippen LogP contribution is 2.37. The third kappa shape index (κ3) is 12.1. The molecule has 3 N–H and O–H groups in total. The summed E-state index contributed by atoms with van der Waals surface area (Å²) in [5.74, 6) is -0.836. The number of allylic oxidation sites excluding steroid dienone is 2. The van der Waals surface area contributed by atoms with Gasteiger partial charge in [0.25, 0.3) is 0 Å². The Hall–Kier alpha value is -2.24. The van der Waals surface area contributed by atoms with E-state index >= 15 is 0 Å². The molecule has 0 aliphatic carbocycles. The first-order valence-electron chi connectivity index (χ1n) is 16.5. The molecule has 1 saturated heterocycles. The molecule has 0 unspecified atom stereocenters. The fourth-order valence-corrected chi connectivity index (χ4v) is 5.69. The van der Waals surface area contributed by atoms with Gasteiger partial charge >= 0.3 is 12.1 Å². The Balaban J connectivity index is 2.26. The molecule has 258 valence electrons. The number of aliphatic hydroxyl groups is 3. The normalized spacial score (nSPS) is 33.2. The Morgan fingerprint density at radius 3 is 2.62 bits per heavy atom. The number of unbranched alkanes of at least 4 members (excludes halogenated alkanes) is 1. The van der Waals surface area contributed by atoms with Crippen LogP contribution < -0.4 is 0 Å². The average Bonchev–Trinajstić information content (AvgIpc) is 3.75. The monoisotopic (exact) mass is 637 g/mol. The van der Waals surface area contributed by atoms with Gasteiger partial charge in [0.15, 0.2) is 6.10 Å². The molecule has 1 amide bonds. The molecule has 2 aliphatic heterocycles. The summed E-state index contributed by atoms with van der Waals surface area (Å²) in [5.41, 5.74) is -1.34. The van der Waals surface area contributed by atoms with Crippen molar-refractivity contribution in [2.24, 2.45) is 11.8 Å². The number of methoxy groups -OCH3 is 1. The zero-order valence-corrected chi connectivity index (χ0v) is 28.9. The number of aliphatic hydroxyl groups excluding tert-OH is 2. The maximum absolute atomic E-state index is 13.0. The third-order valence-electron chi connectivity index (χ3n) is 9.20. The molecule has 0 saturated carbocycles. The van der Waals surface area contributed by atoms with Crippen LogP contribution in [0, 0.1) is 11.8 Å². The van der Waals surface area contributed by atoms with Crippen LogP contribution in [0.4, 0.5) is 4.79 Å². The highest BCUT2D eigenvalue weighted by Gasteiger charge is 2.47. The lowest BCUT2D eigenvalue weighted by Gasteiger charge is -2.36. The van der Waals surface area contributed by atoms with Crippen molar-refractivity contribution in [3.8, 4) is 0 Å². The van der Waals surface area contributed by atoms with Crippen LogP contribution in [0.25, 0.3) is 0 Å². The second-order valence-electron chi connectivity index (χ2n) is 13.5. The van der Waals surface area contributed by atoms with E-state index in [9.17, 15) is 24.9 Å². The van der Waals surface area contributed by atoms with E-state index in [1.54, 1.807) is 50.3 Å². The van der Waals surface area contributed by atoms with Crippen molar-refractivity contribution < 1.29 is 43.9 Å². The van der Waals surface area contributed by atoms with E-state index in [2.05, 4.69) is 6.92 Å². The van der Waals surface area contributed by atoms with Crippen LogP contribution >= 0.6 is 0 Å². The SMILES string of the molecule is CCCCN(C)C(=O)O[C@H]1/C=C/[C@H](C)[C@@H](/C(C)=C/C=C/[C@](C)(O)C[C@H]2O[C@@H]2[C@H](C)[C@@H](O)CC)OC(=O)C[C@H](O)CC[C@@]1(C)OC. The van der Waals surface area contributed by atoms with Crippen LogP contribution in [0.3, 0.4) is 0 Å². The molecule has 2 heterocycles. The van der Waals surface area contributed by atoms with Gasteiger partial charge in [-0.15, -0.1) is 0 Å². The van der Waals surface area contributed by atoms with Crippen LogP contribution in [-0.4, -0.2) is 101 Å². The predicted octanol–water partition coefficient (Wildman–Crippen LogP) is 5.10. The zero-order valence-electron chi connectivity index (χ0n) is 28.9. The average molecular weight is 638 g/mol. The van der Waals surface area contributed by atoms with Gasteiger partial charge in [0.05, 0.1) is 36.4 Å². The minimum absolute atomic E-state index is 0.00222. The Morgan fingerprint density at radius 1 is 1.31 bits per heavy atom. The van der Waals surface area contributed by atoms with E-state index in [0.717, 1.165) is 18.4 Å². The number of epoxide rings is 1. The lowest BCUT2D eigenvalue weighted by Crippen LogP contribution is -2.46. The summed E-state index contributed by atoms with van der Waals surface area (Å²) in [5, 5.41) is 31.8. The number of hydrogen-bond donors (Lipinski definition) is 3. The number of carbonyl (C=O) groups excluding carboxylic acids is 2. The lowest BCUT2D eigenvalue weighted by atomic mass is 9.88. The molecule has 0 aromatic carbocycles. The van der Waals surface area contributed by atoms with Crippen LogP contribution in [0.1, 0.15) is 93.4 Å². The highest BCUT2D eigenvalue weighted by atomic mass is 16.6. The summed E-state index contributed by atoms with van der Waals surface area (Å²) < 4.78 is 23.4. The Kier molecular flexibility index (Phi) is 15.2. The summed E-state index contributed by atoms with van der Waals surface area (Å²) in [6.45, 7) is 13.8. The number of esters is 1. The van der Waals surface area contributed by atoms with Crippen molar-refractivity contribution in [1.29, 1.82) is 0 Å². The topological polar surface area (TPSA) is 138 Å². The molecule has 0 bridgehead atoms. The molecule has 0 spiro atoms. The van der Waals surface area contributed by atoms with E-state index in [0.29, 0.717) is 25.8 Å².